The lowest BCUT2D eigenvalue weighted by Crippen LogP contribution is -2.13. The highest BCUT2D eigenvalue weighted by Crippen LogP contribution is 2.36. The van der Waals surface area contributed by atoms with Crippen LogP contribution in [-0.2, 0) is 0 Å². The zero-order valence-electron chi connectivity index (χ0n) is 7.89. The highest BCUT2D eigenvalue weighted by atomic mass is 32.1. The van der Waals surface area contributed by atoms with Gasteiger partial charge < -0.3 is 0 Å². The van der Waals surface area contributed by atoms with Crippen molar-refractivity contribution in [1.29, 1.82) is 0 Å². The fourth-order valence-corrected chi connectivity index (χ4v) is 1.83. The van der Waals surface area contributed by atoms with Gasteiger partial charge in [-0.3, -0.25) is 0 Å². The fraction of sp³-hybridized carbons (Fsp3) is 0.667. The summed E-state index contributed by atoms with van der Waals surface area (Å²) in [7, 11) is 0. The normalized spacial score (nSPS) is 14.8. The molecule has 1 rings (SSSR count). The van der Waals surface area contributed by atoms with Crippen LogP contribution in [0.3, 0.4) is 0 Å². The predicted molar refractivity (Wildman–Crippen MR) is 49.9 cm³/mol. The first-order valence-corrected chi connectivity index (χ1v) is 4.84. The SMILES string of the molecule is CC(c1cnc(F)s1)C(C)(C)C. The lowest BCUT2D eigenvalue weighted by atomic mass is 9.81. The fourth-order valence-electron chi connectivity index (χ4n) is 0.891. The maximum absolute atomic E-state index is 12.6. The highest BCUT2D eigenvalue weighted by Gasteiger charge is 2.23. The second-order valence-electron chi connectivity index (χ2n) is 4.10. The van der Waals surface area contributed by atoms with Crippen molar-refractivity contribution in [3.8, 4) is 0 Å². The molecule has 1 nitrogen and oxygen atoms in total. The minimum Gasteiger partial charge on any atom is -0.218 e. The quantitative estimate of drug-likeness (QED) is 0.656. The Bertz CT molecular complexity index is 262. The molecule has 12 heavy (non-hydrogen) atoms. The standard InChI is InChI=1S/C9H14FNS/c1-6(9(2,3)4)7-5-11-8(10)12-7/h5-6H,1-4H3. The minimum atomic E-state index is -0.332. The van der Waals surface area contributed by atoms with Crippen LogP contribution in [0.25, 0.3) is 0 Å². The molecule has 1 aromatic rings. The summed E-state index contributed by atoms with van der Waals surface area (Å²) in [5, 5.41) is -0.332. The van der Waals surface area contributed by atoms with Crippen molar-refractivity contribution in [2.75, 3.05) is 0 Å². The van der Waals surface area contributed by atoms with Gasteiger partial charge in [-0.2, -0.15) is 4.39 Å². The van der Waals surface area contributed by atoms with Gasteiger partial charge in [-0.25, -0.2) is 4.98 Å². The molecule has 1 atom stereocenters. The summed E-state index contributed by atoms with van der Waals surface area (Å²) in [6, 6.07) is 0. The van der Waals surface area contributed by atoms with E-state index in [2.05, 4.69) is 32.7 Å². The van der Waals surface area contributed by atoms with E-state index in [1.165, 1.54) is 0 Å². The molecule has 1 heterocycles. The maximum Gasteiger partial charge on any atom is 0.269 e. The van der Waals surface area contributed by atoms with Crippen LogP contribution in [0.5, 0.6) is 0 Å². The lowest BCUT2D eigenvalue weighted by Gasteiger charge is -2.25. The van der Waals surface area contributed by atoms with Crippen LogP contribution in [0.1, 0.15) is 38.5 Å². The number of aromatic nitrogens is 1. The zero-order chi connectivity index (χ0) is 9.35. The minimum absolute atomic E-state index is 0.180. The molecule has 0 aromatic carbocycles. The van der Waals surface area contributed by atoms with Crippen molar-refractivity contribution >= 4 is 11.3 Å². The van der Waals surface area contributed by atoms with Crippen LogP contribution >= 0.6 is 11.3 Å². The van der Waals surface area contributed by atoms with Gasteiger partial charge in [0.15, 0.2) is 0 Å². The monoisotopic (exact) mass is 187 g/mol. The molecule has 0 bridgehead atoms. The topological polar surface area (TPSA) is 12.9 Å². The average Bonchev–Trinajstić information content (AvgIpc) is 2.32. The molecule has 3 heteroatoms. The highest BCUT2D eigenvalue weighted by molar-refractivity contribution is 7.10. The number of nitrogens with zero attached hydrogens (tertiary/aromatic N) is 1. The Morgan fingerprint density at radius 2 is 2.08 bits per heavy atom. The van der Waals surface area contributed by atoms with Crippen LogP contribution in [0, 0.1) is 10.7 Å². The van der Waals surface area contributed by atoms with Crippen LogP contribution in [0.2, 0.25) is 0 Å². The van der Waals surface area contributed by atoms with Gasteiger partial charge >= 0.3 is 0 Å². The molecule has 0 N–H and O–H groups in total. The van der Waals surface area contributed by atoms with Gasteiger partial charge in [-0.05, 0) is 11.3 Å². The maximum atomic E-state index is 12.6. The van der Waals surface area contributed by atoms with Gasteiger partial charge in [0.25, 0.3) is 5.26 Å². The van der Waals surface area contributed by atoms with Crippen molar-refractivity contribution in [3.05, 3.63) is 16.3 Å². The lowest BCUT2D eigenvalue weighted by molar-refractivity contribution is 0.343. The van der Waals surface area contributed by atoms with Crippen molar-refractivity contribution < 1.29 is 4.39 Å². The van der Waals surface area contributed by atoms with Crippen LogP contribution in [0.15, 0.2) is 6.20 Å². The van der Waals surface area contributed by atoms with Crippen molar-refractivity contribution in [3.63, 3.8) is 0 Å². The molecule has 0 aliphatic heterocycles. The zero-order valence-corrected chi connectivity index (χ0v) is 8.70. The van der Waals surface area contributed by atoms with E-state index in [9.17, 15) is 4.39 Å². The number of thiazole rings is 1. The Hall–Kier alpha value is -0.440. The van der Waals surface area contributed by atoms with E-state index in [4.69, 9.17) is 0 Å². The predicted octanol–water partition coefficient (Wildman–Crippen LogP) is 3.43. The van der Waals surface area contributed by atoms with Crippen LogP contribution < -0.4 is 0 Å². The molecule has 1 unspecified atom stereocenters. The van der Waals surface area contributed by atoms with Gasteiger partial charge in [0.05, 0.1) is 0 Å². The summed E-state index contributed by atoms with van der Waals surface area (Å²) >= 11 is 1.14. The molecular weight excluding hydrogens is 173 g/mol. The van der Waals surface area contributed by atoms with Crippen molar-refractivity contribution in [2.45, 2.75) is 33.6 Å². The van der Waals surface area contributed by atoms with Crippen LogP contribution in [-0.4, -0.2) is 4.98 Å². The number of rotatable bonds is 1. The van der Waals surface area contributed by atoms with Gasteiger partial charge in [0, 0.05) is 11.1 Å². The smallest absolute Gasteiger partial charge is 0.218 e. The number of hydrogen-bond donors (Lipinski definition) is 0. The molecule has 0 spiro atoms. The molecular formula is C9H14FNS. The Morgan fingerprint density at radius 1 is 1.50 bits per heavy atom. The third kappa shape index (κ3) is 2.03. The second-order valence-corrected chi connectivity index (χ2v) is 5.12. The van der Waals surface area contributed by atoms with Crippen molar-refractivity contribution in [2.24, 2.45) is 5.41 Å². The molecule has 0 aliphatic rings. The molecule has 0 aliphatic carbocycles. The molecule has 0 saturated heterocycles. The molecule has 0 amide bonds. The number of halogens is 1. The Labute approximate surface area is 76.6 Å². The van der Waals surface area contributed by atoms with E-state index in [1.807, 2.05) is 0 Å². The summed E-state index contributed by atoms with van der Waals surface area (Å²) in [5.74, 6) is 0.361. The summed E-state index contributed by atoms with van der Waals surface area (Å²) in [6.07, 6.45) is 1.63. The first-order chi connectivity index (χ1) is 5.41. The summed E-state index contributed by atoms with van der Waals surface area (Å²) in [5.41, 5.74) is 0.180. The average molecular weight is 187 g/mol. The van der Waals surface area contributed by atoms with Crippen LogP contribution in [0.4, 0.5) is 4.39 Å². The molecule has 0 fully saturated rings. The Balaban J connectivity index is 2.85. The third-order valence-corrected chi connectivity index (χ3v) is 3.19. The van der Waals surface area contributed by atoms with Gasteiger partial charge in [-0.1, -0.05) is 39.0 Å². The first kappa shape index (κ1) is 9.65. The summed E-state index contributed by atoms with van der Waals surface area (Å²) in [6.45, 7) is 8.55. The van der Waals surface area contributed by atoms with Gasteiger partial charge in [0.1, 0.15) is 0 Å². The van der Waals surface area contributed by atoms with E-state index < -0.39 is 0 Å². The Kier molecular flexibility index (Phi) is 2.52. The molecule has 0 radical (unpaired) electrons. The molecule has 0 saturated carbocycles. The largest absolute Gasteiger partial charge is 0.269 e. The number of hydrogen-bond acceptors (Lipinski definition) is 2. The third-order valence-electron chi connectivity index (χ3n) is 2.22. The van der Waals surface area contributed by atoms with E-state index >= 15 is 0 Å². The van der Waals surface area contributed by atoms with Gasteiger partial charge in [0.2, 0.25) is 0 Å². The van der Waals surface area contributed by atoms with E-state index in [0.29, 0.717) is 5.92 Å². The summed E-state index contributed by atoms with van der Waals surface area (Å²) in [4.78, 5) is 4.63. The van der Waals surface area contributed by atoms with Gasteiger partial charge in [-0.15, -0.1) is 0 Å². The summed E-state index contributed by atoms with van der Waals surface area (Å²) < 4.78 is 12.6. The second kappa shape index (κ2) is 3.13. The van der Waals surface area contributed by atoms with E-state index in [-0.39, 0.29) is 10.7 Å². The van der Waals surface area contributed by atoms with E-state index in [0.717, 1.165) is 16.2 Å². The van der Waals surface area contributed by atoms with Crippen molar-refractivity contribution in [1.82, 2.24) is 4.98 Å². The first-order valence-electron chi connectivity index (χ1n) is 4.02. The molecule has 68 valence electrons. The Morgan fingerprint density at radius 3 is 2.42 bits per heavy atom. The van der Waals surface area contributed by atoms with E-state index in [1.54, 1.807) is 6.20 Å². The molecule has 1 aromatic heterocycles.